The normalized spacial score (nSPS) is 28.8. The van der Waals surface area contributed by atoms with Gasteiger partial charge in [0, 0.05) is 25.3 Å². The molecule has 2 aliphatic heterocycles. The predicted octanol–water partition coefficient (Wildman–Crippen LogP) is 2.11. The Morgan fingerprint density at radius 1 is 1.11 bits per heavy atom. The molecule has 27 heavy (non-hydrogen) atoms. The third-order valence-electron chi connectivity index (χ3n) is 5.76. The maximum atomic E-state index is 12.6. The molecule has 0 aromatic heterocycles. The van der Waals surface area contributed by atoms with E-state index in [1.807, 2.05) is 51.2 Å². The quantitative estimate of drug-likeness (QED) is 0.768. The number of aliphatic hydroxyl groups excluding tert-OH is 1. The summed E-state index contributed by atoms with van der Waals surface area (Å²) < 4.78 is 11.4. The number of aliphatic hydroxyl groups is 1. The number of nitrogens with zero attached hydrogens (tertiary/aromatic N) is 1. The summed E-state index contributed by atoms with van der Waals surface area (Å²) in [5.41, 5.74) is 0.754. The molecule has 0 aliphatic carbocycles. The van der Waals surface area contributed by atoms with Crippen molar-refractivity contribution in [2.24, 2.45) is 5.92 Å². The van der Waals surface area contributed by atoms with Crippen molar-refractivity contribution in [2.75, 3.05) is 13.7 Å². The van der Waals surface area contributed by atoms with Gasteiger partial charge in [-0.05, 0) is 12.6 Å². The van der Waals surface area contributed by atoms with Crippen LogP contribution in [-0.4, -0.2) is 59.9 Å². The van der Waals surface area contributed by atoms with Gasteiger partial charge in [-0.15, -0.1) is 0 Å². The summed E-state index contributed by atoms with van der Waals surface area (Å²) >= 11 is 0. The van der Waals surface area contributed by atoms with Crippen LogP contribution in [0.5, 0.6) is 0 Å². The molecule has 5 atom stereocenters. The van der Waals surface area contributed by atoms with Crippen molar-refractivity contribution >= 4 is 11.9 Å². The van der Waals surface area contributed by atoms with Gasteiger partial charge in [0.25, 0.3) is 0 Å². The highest BCUT2D eigenvalue weighted by atomic mass is 16.6. The number of hydrogen-bond acceptors (Lipinski definition) is 6. The minimum Gasteiger partial charge on any atom is -0.462 e. The number of piperidine rings is 1. The molecule has 3 rings (SSSR count). The fourth-order valence-corrected chi connectivity index (χ4v) is 4.13. The number of hydrogen-bond donors (Lipinski definition) is 1. The molecule has 6 heteroatoms. The first-order valence-electron chi connectivity index (χ1n) is 9.69. The molecule has 2 aliphatic rings. The third kappa shape index (κ3) is 4.33. The highest BCUT2D eigenvalue weighted by molar-refractivity contribution is 5.78. The molecular formula is C21H29NO5. The zero-order valence-electron chi connectivity index (χ0n) is 16.2. The number of benzene rings is 1. The summed E-state index contributed by atoms with van der Waals surface area (Å²) in [5.74, 6) is -1.40. The van der Waals surface area contributed by atoms with Crippen molar-refractivity contribution < 1.29 is 24.2 Å². The van der Waals surface area contributed by atoms with Gasteiger partial charge in [-0.2, -0.15) is 0 Å². The van der Waals surface area contributed by atoms with E-state index in [1.165, 1.54) is 0 Å². The molecule has 5 unspecified atom stereocenters. The number of carbonyl (C=O) groups is 2. The number of rotatable bonds is 6. The van der Waals surface area contributed by atoms with Gasteiger partial charge in [0.1, 0.15) is 18.1 Å². The lowest BCUT2D eigenvalue weighted by Crippen LogP contribution is -2.46. The third-order valence-corrected chi connectivity index (χ3v) is 5.76. The Morgan fingerprint density at radius 2 is 1.81 bits per heavy atom. The first-order valence-corrected chi connectivity index (χ1v) is 9.69. The van der Waals surface area contributed by atoms with Crippen LogP contribution >= 0.6 is 0 Å². The van der Waals surface area contributed by atoms with Crippen LogP contribution in [0.2, 0.25) is 0 Å². The summed E-state index contributed by atoms with van der Waals surface area (Å²) in [6.45, 7) is 3.38. The highest BCUT2D eigenvalue weighted by Crippen LogP contribution is 2.38. The fraction of sp³-hybridized carbons (Fsp3) is 0.619. The molecule has 2 saturated heterocycles. The van der Waals surface area contributed by atoms with Crippen LogP contribution in [0.1, 0.15) is 44.6 Å². The van der Waals surface area contributed by atoms with Gasteiger partial charge in [-0.3, -0.25) is 14.5 Å². The molecule has 1 aromatic carbocycles. The Kier molecular flexibility index (Phi) is 6.17. The van der Waals surface area contributed by atoms with Crippen LogP contribution in [0.25, 0.3) is 0 Å². The second kappa shape index (κ2) is 8.40. The average Bonchev–Trinajstić information content (AvgIpc) is 2.81. The Hall–Kier alpha value is -1.92. The number of ether oxygens (including phenoxy) is 2. The Morgan fingerprint density at radius 3 is 2.44 bits per heavy atom. The maximum Gasteiger partial charge on any atom is 0.316 e. The summed E-state index contributed by atoms with van der Waals surface area (Å²) in [5, 5.41) is 9.66. The SMILES string of the molecule is CC(C)C(=O)OC1CC2CC(OC(=O)C(CO)c3ccccc3)CC1N2C. The van der Waals surface area contributed by atoms with E-state index < -0.39 is 11.9 Å². The van der Waals surface area contributed by atoms with E-state index >= 15 is 0 Å². The van der Waals surface area contributed by atoms with Crippen LogP contribution in [-0.2, 0) is 19.1 Å². The van der Waals surface area contributed by atoms with E-state index in [1.54, 1.807) is 0 Å². The van der Waals surface area contributed by atoms with E-state index in [0.717, 1.165) is 18.4 Å². The van der Waals surface area contributed by atoms with Crippen molar-refractivity contribution in [2.45, 2.75) is 63.3 Å². The van der Waals surface area contributed by atoms with Crippen LogP contribution in [0.4, 0.5) is 0 Å². The molecule has 2 bridgehead atoms. The van der Waals surface area contributed by atoms with Gasteiger partial charge >= 0.3 is 11.9 Å². The number of fused-ring (bicyclic) bond motifs is 2. The highest BCUT2D eigenvalue weighted by Gasteiger charge is 2.48. The molecule has 0 amide bonds. The Labute approximate surface area is 160 Å². The van der Waals surface area contributed by atoms with Gasteiger partial charge < -0.3 is 14.6 Å². The second-order valence-electron chi connectivity index (χ2n) is 7.93. The Balaban J connectivity index is 1.63. The summed E-state index contributed by atoms with van der Waals surface area (Å²) in [7, 11) is 2.04. The number of likely N-dealkylation sites (N-methyl/N-ethyl adjacent to an activating group) is 1. The molecule has 1 aromatic rings. The van der Waals surface area contributed by atoms with E-state index in [-0.39, 0.29) is 42.8 Å². The van der Waals surface area contributed by atoms with Gasteiger partial charge in [-0.25, -0.2) is 0 Å². The summed E-state index contributed by atoms with van der Waals surface area (Å²) in [4.78, 5) is 26.8. The molecule has 0 spiro atoms. The monoisotopic (exact) mass is 375 g/mol. The average molecular weight is 375 g/mol. The van der Waals surface area contributed by atoms with Crippen LogP contribution in [0, 0.1) is 5.92 Å². The Bertz CT molecular complexity index is 662. The minimum absolute atomic E-state index is 0.0635. The first kappa shape index (κ1) is 19.8. The number of esters is 2. The lowest BCUT2D eigenvalue weighted by Gasteiger charge is -2.36. The fourth-order valence-electron chi connectivity index (χ4n) is 4.13. The van der Waals surface area contributed by atoms with Crippen LogP contribution in [0.15, 0.2) is 30.3 Å². The molecule has 148 valence electrons. The van der Waals surface area contributed by atoms with E-state index in [9.17, 15) is 14.7 Å². The largest absolute Gasteiger partial charge is 0.462 e. The second-order valence-corrected chi connectivity index (χ2v) is 7.93. The van der Waals surface area contributed by atoms with E-state index in [2.05, 4.69) is 4.90 Å². The lowest BCUT2D eigenvalue weighted by atomic mass is 9.98. The zero-order chi connectivity index (χ0) is 19.6. The first-order chi connectivity index (χ1) is 12.9. The van der Waals surface area contributed by atoms with Crippen molar-refractivity contribution in [3.63, 3.8) is 0 Å². The molecule has 0 saturated carbocycles. The molecule has 2 heterocycles. The van der Waals surface area contributed by atoms with Crippen LogP contribution in [0.3, 0.4) is 0 Å². The van der Waals surface area contributed by atoms with E-state index in [4.69, 9.17) is 9.47 Å². The minimum atomic E-state index is -0.668. The molecule has 6 nitrogen and oxygen atoms in total. The summed E-state index contributed by atoms with van der Waals surface area (Å²) in [6, 6.07) is 9.49. The van der Waals surface area contributed by atoms with E-state index in [0.29, 0.717) is 6.42 Å². The topological polar surface area (TPSA) is 76.1 Å². The zero-order valence-corrected chi connectivity index (χ0v) is 16.2. The molecule has 2 fully saturated rings. The lowest BCUT2D eigenvalue weighted by molar-refractivity contribution is -0.159. The number of carbonyl (C=O) groups excluding carboxylic acids is 2. The van der Waals surface area contributed by atoms with Gasteiger partial charge in [0.15, 0.2) is 0 Å². The van der Waals surface area contributed by atoms with Crippen molar-refractivity contribution in [1.29, 1.82) is 0 Å². The maximum absolute atomic E-state index is 12.6. The van der Waals surface area contributed by atoms with Crippen molar-refractivity contribution in [1.82, 2.24) is 4.90 Å². The summed E-state index contributed by atoms with van der Waals surface area (Å²) in [6.07, 6.45) is 1.77. The standard InChI is InChI=1S/C21H29NO5/c1-13(2)20(24)27-19-10-15-9-16(11-18(19)22(15)3)26-21(25)17(12-23)14-7-5-4-6-8-14/h4-8,13,15-19,23H,9-12H2,1-3H3. The van der Waals surface area contributed by atoms with Gasteiger partial charge in [0.2, 0.25) is 0 Å². The van der Waals surface area contributed by atoms with Gasteiger partial charge in [0.05, 0.1) is 18.6 Å². The van der Waals surface area contributed by atoms with Crippen LogP contribution < -0.4 is 0 Å². The molecular weight excluding hydrogens is 346 g/mol. The smallest absolute Gasteiger partial charge is 0.316 e. The van der Waals surface area contributed by atoms with Gasteiger partial charge in [-0.1, -0.05) is 44.2 Å². The molecule has 1 N–H and O–H groups in total. The molecule has 0 radical (unpaired) electrons. The van der Waals surface area contributed by atoms with Crippen molar-refractivity contribution in [3.8, 4) is 0 Å². The van der Waals surface area contributed by atoms with Crippen molar-refractivity contribution in [3.05, 3.63) is 35.9 Å². The predicted molar refractivity (Wildman–Crippen MR) is 100 cm³/mol.